The van der Waals surface area contributed by atoms with Crippen LogP contribution in [-0.2, 0) is 6.54 Å². The van der Waals surface area contributed by atoms with Crippen LogP contribution in [0.25, 0.3) is 0 Å². The molecule has 1 aromatic carbocycles. The molecule has 1 atom stereocenters. The predicted octanol–water partition coefficient (Wildman–Crippen LogP) is 3.33. The lowest BCUT2D eigenvalue weighted by molar-refractivity contribution is 0.582. The Morgan fingerprint density at radius 3 is 3.00 bits per heavy atom. The Balaban J connectivity index is 1.67. The summed E-state index contributed by atoms with van der Waals surface area (Å²) in [6, 6.07) is 13.3. The summed E-state index contributed by atoms with van der Waals surface area (Å²) in [4.78, 5) is 5.74. The maximum atomic E-state index is 4.32. The zero-order valence-electron chi connectivity index (χ0n) is 10.4. The molecule has 18 heavy (non-hydrogen) atoms. The highest BCUT2D eigenvalue weighted by atomic mass is 32.2. The molecule has 0 aliphatic carbocycles. The number of aromatic nitrogens is 1. The Kier molecular flexibility index (Phi) is 3.35. The van der Waals surface area contributed by atoms with E-state index in [2.05, 4.69) is 46.7 Å². The van der Waals surface area contributed by atoms with Gasteiger partial charge in [0.1, 0.15) is 0 Å². The Morgan fingerprint density at radius 2 is 2.17 bits per heavy atom. The fourth-order valence-corrected chi connectivity index (χ4v) is 3.37. The number of nitrogens with zero attached hydrogens (tertiary/aromatic N) is 1. The first kappa shape index (κ1) is 11.8. The highest BCUT2D eigenvalue weighted by Crippen LogP contribution is 2.37. The van der Waals surface area contributed by atoms with E-state index in [-0.39, 0.29) is 0 Å². The number of hydrogen-bond donors (Lipinski definition) is 1. The molecule has 1 N–H and O–H groups in total. The van der Waals surface area contributed by atoms with Crippen molar-refractivity contribution in [2.75, 3.05) is 5.75 Å². The average molecular weight is 256 g/mol. The summed E-state index contributed by atoms with van der Waals surface area (Å²) in [6.45, 7) is 2.90. The molecule has 0 saturated heterocycles. The zero-order valence-corrected chi connectivity index (χ0v) is 11.2. The third-order valence-electron chi connectivity index (χ3n) is 3.23. The number of rotatable bonds is 3. The zero-order chi connectivity index (χ0) is 12.4. The van der Waals surface area contributed by atoms with Crippen molar-refractivity contribution in [1.29, 1.82) is 0 Å². The largest absolute Gasteiger partial charge is 0.305 e. The lowest BCUT2D eigenvalue weighted by Gasteiger charge is -2.13. The van der Waals surface area contributed by atoms with E-state index < -0.39 is 0 Å². The second-order valence-electron chi connectivity index (χ2n) is 4.59. The maximum absolute atomic E-state index is 4.32. The Bertz CT molecular complexity index is 536. The first-order valence-electron chi connectivity index (χ1n) is 6.19. The van der Waals surface area contributed by atoms with E-state index in [0.29, 0.717) is 6.04 Å². The van der Waals surface area contributed by atoms with Crippen LogP contribution in [0.3, 0.4) is 0 Å². The van der Waals surface area contributed by atoms with Gasteiger partial charge in [-0.25, -0.2) is 0 Å². The predicted molar refractivity (Wildman–Crippen MR) is 75.7 cm³/mol. The molecular formula is C15H16N2S. The van der Waals surface area contributed by atoms with Crippen LogP contribution in [-0.4, -0.2) is 10.7 Å². The minimum Gasteiger partial charge on any atom is -0.305 e. The SMILES string of the molecule is Cc1ccc(CNC2CSc3ccccc32)cn1. The molecule has 0 saturated carbocycles. The van der Waals surface area contributed by atoms with Gasteiger partial charge in [-0.05, 0) is 30.2 Å². The molecule has 0 bridgehead atoms. The Morgan fingerprint density at radius 1 is 1.28 bits per heavy atom. The van der Waals surface area contributed by atoms with Crippen LogP contribution in [0.1, 0.15) is 22.9 Å². The third kappa shape index (κ3) is 2.42. The number of fused-ring (bicyclic) bond motifs is 1. The molecule has 0 amide bonds. The minimum absolute atomic E-state index is 0.465. The van der Waals surface area contributed by atoms with Crippen LogP contribution >= 0.6 is 11.8 Å². The van der Waals surface area contributed by atoms with E-state index >= 15 is 0 Å². The van der Waals surface area contributed by atoms with Crippen LogP contribution < -0.4 is 5.32 Å². The molecule has 1 unspecified atom stereocenters. The number of hydrogen-bond acceptors (Lipinski definition) is 3. The molecule has 0 spiro atoms. The smallest absolute Gasteiger partial charge is 0.0429 e. The van der Waals surface area contributed by atoms with E-state index in [0.717, 1.165) is 18.0 Å². The Hall–Kier alpha value is -1.32. The van der Waals surface area contributed by atoms with Gasteiger partial charge in [0.2, 0.25) is 0 Å². The fraction of sp³-hybridized carbons (Fsp3) is 0.267. The van der Waals surface area contributed by atoms with Crippen molar-refractivity contribution < 1.29 is 0 Å². The van der Waals surface area contributed by atoms with Crippen LogP contribution in [0.15, 0.2) is 47.5 Å². The van der Waals surface area contributed by atoms with E-state index in [4.69, 9.17) is 0 Å². The third-order valence-corrected chi connectivity index (χ3v) is 4.41. The fourth-order valence-electron chi connectivity index (χ4n) is 2.18. The van der Waals surface area contributed by atoms with E-state index in [1.54, 1.807) is 0 Å². The van der Waals surface area contributed by atoms with E-state index in [9.17, 15) is 0 Å². The normalized spacial score (nSPS) is 17.7. The highest BCUT2D eigenvalue weighted by Gasteiger charge is 2.21. The number of thioether (sulfide) groups is 1. The number of pyridine rings is 1. The van der Waals surface area contributed by atoms with Crippen LogP contribution in [0.2, 0.25) is 0 Å². The van der Waals surface area contributed by atoms with Gasteiger partial charge in [0.25, 0.3) is 0 Å². The van der Waals surface area contributed by atoms with Crippen LogP contribution in [0.4, 0.5) is 0 Å². The van der Waals surface area contributed by atoms with Crippen molar-refractivity contribution in [3.05, 3.63) is 59.4 Å². The molecule has 2 aromatic rings. The lowest BCUT2D eigenvalue weighted by atomic mass is 10.1. The molecular weight excluding hydrogens is 240 g/mol. The van der Waals surface area contributed by atoms with Crippen molar-refractivity contribution >= 4 is 11.8 Å². The number of aryl methyl sites for hydroxylation is 1. The van der Waals surface area contributed by atoms with Crippen molar-refractivity contribution in [2.45, 2.75) is 24.4 Å². The average Bonchev–Trinajstić information content (AvgIpc) is 2.82. The quantitative estimate of drug-likeness (QED) is 0.912. The molecule has 2 heterocycles. The summed E-state index contributed by atoms with van der Waals surface area (Å²) >= 11 is 1.94. The van der Waals surface area contributed by atoms with Gasteiger partial charge in [-0.2, -0.15) is 0 Å². The second kappa shape index (κ2) is 5.12. The van der Waals surface area contributed by atoms with Gasteiger partial charge in [0.15, 0.2) is 0 Å². The maximum Gasteiger partial charge on any atom is 0.0429 e. The first-order valence-corrected chi connectivity index (χ1v) is 7.18. The van der Waals surface area contributed by atoms with Gasteiger partial charge in [0, 0.05) is 35.1 Å². The topological polar surface area (TPSA) is 24.9 Å². The van der Waals surface area contributed by atoms with Crippen LogP contribution in [0.5, 0.6) is 0 Å². The molecule has 3 heteroatoms. The standard InChI is InChI=1S/C15H16N2S/c1-11-6-7-12(8-16-11)9-17-14-10-18-15-5-3-2-4-13(14)15/h2-8,14,17H,9-10H2,1H3. The lowest BCUT2D eigenvalue weighted by Crippen LogP contribution is -2.20. The summed E-state index contributed by atoms with van der Waals surface area (Å²) in [6.07, 6.45) is 1.95. The molecule has 92 valence electrons. The van der Waals surface area contributed by atoms with Gasteiger partial charge >= 0.3 is 0 Å². The summed E-state index contributed by atoms with van der Waals surface area (Å²) in [5.41, 5.74) is 3.75. The molecule has 1 aliphatic rings. The summed E-state index contributed by atoms with van der Waals surface area (Å²) in [7, 11) is 0. The van der Waals surface area contributed by atoms with E-state index in [1.807, 2.05) is 24.9 Å². The first-order chi connectivity index (χ1) is 8.83. The Labute approximate surface area is 112 Å². The van der Waals surface area contributed by atoms with Crippen molar-refractivity contribution in [3.63, 3.8) is 0 Å². The summed E-state index contributed by atoms with van der Waals surface area (Å²) < 4.78 is 0. The molecule has 1 aromatic heterocycles. The molecule has 1 aliphatic heterocycles. The molecule has 3 rings (SSSR count). The highest BCUT2D eigenvalue weighted by molar-refractivity contribution is 7.99. The number of benzene rings is 1. The van der Waals surface area contributed by atoms with Crippen LogP contribution in [0, 0.1) is 6.92 Å². The van der Waals surface area contributed by atoms with Gasteiger partial charge < -0.3 is 5.32 Å². The van der Waals surface area contributed by atoms with Crippen molar-refractivity contribution in [3.8, 4) is 0 Å². The second-order valence-corrected chi connectivity index (χ2v) is 5.65. The summed E-state index contributed by atoms with van der Waals surface area (Å²) in [5, 5.41) is 3.61. The van der Waals surface area contributed by atoms with Gasteiger partial charge in [-0.15, -0.1) is 11.8 Å². The molecule has 0 fully saturated rings. The van der Waals surface area contributed by atoms with Gasteiger partial charge in [0.05, 0.1) is 0 Å². The van der Waals surface area contributed by atoms with Gasteiger partial charge in [-0.3, -0.25) is 4.98 Å². The minimum atomic E-state index is 0.465. The van der Waals surface area contributed by atoms with E-state index in [1.165, 1.54) is 16.0 Å². The van der Waals surface area contributed by atoms with Crippen molar-refractivity contribution in [2.24, 2.45) is 0 Å². The molecule has 0 radical (unpaired) electrons. The van der Waals surface area contributed by atoms with Gasteiger partial charge in [-0.1, -0.05) is 24.3 Å². The monoisotopic (exact) mass is 256 g/mol. The molecule has 2 nitrogen and oxygen atoms in total. The summed E-state index contributed by atoms with van der Waals surface area (Å²) in [5.74, 6) is 1.12. The number of nitrogens with one attached hydrogen (secondary N) is 1. The van der Waals surface area contributed by atoms with Crippen molar-refractivity contribution in [1.82, 2.24) is 10.3 Å².